The van der Waals surface area contributed by atoms with E-state index in [0.717, 1.165) is 5.56 Å². The molecule has 0 saturated heterocycles. The van der Waals surface area contributed by atoms with E-state index in [1.54, 1.807) is 68.2 Å². The summed E-state index contributed by atoms with van der Waals surface area (Å²) in [6, 6.07) is 24.1. The van der Waals surface area contributed by atoms with Gasteiger partial charge in [0.15, 0.2) is 0 Å². The zero-order valence-corrected chi connectivity index (χ0v) is 25.3. The van der Waals surface area contributed by atoms with E-state index < -0.39 is 37.0 Å². The molecule has 4 nitrogen and oxygen atoms in total. The second kappa shape index (κ2) is 11.3. The van der Waals surface area contributed by atoms with Crippen LogP contribution in [0, 0.1) is 0 Å². The molecule has 3 N–H and O–H groups in total. The first-order valence-corrected chi connectivity index (χ1v) is 16.5. The molecule has 0 saturated carbocycles. The van der Waals surface area contributed by atoms with E-state index in [9.17, 15) is 13.9 Å². The monoisotopic (exact) mass is 752 g/mol. The number of aliphatic hydroxyl groups excluding tert-OH is 1. The number of aromatic nitrogens is 1. The summed E-state index contributed by atoms with van der Waals surface area (Å²) < 4.78 is 52.4. The third kappa shape index (κ3) is 6.21. The van der Waals surface area contributed by atoms with E-state index in [0.29, 0.717) is 23.1 Å². The Hall–Kier alpha value is -1.53. The topological polar surface area (TPSA) is 72.3 Å². The summed E-state index contributed by atoms with van der Waals surface area (Å²) in [5.41, 5.74) is -0.905. The number of hydrogen-bond acceptors (Lipinski definition) is 4. The van der Waals surface area contributed by atoms with E-state index in [4.69, 9.17) is 8.47 Å². The Morgan fingerprint density at radius 2 is 1.51 bits per heavy atom. The first-order valence-electron chi connectivity index (χ1n) is 11.2. The minimum atomic E-state index is -3.21. The van der Waals surface area contributed by atoms with Crippen LogP contribution in [0.3, 0.4) is 0 Å². The number of halogens is 5. The average molecular weight is 752 g/mol. The number of nitrogens with two attached hydrogens (primary N) is 1. The van der Waals surface area contributed by atoms with Gasteiger partial charge in [-0.25, -0.2) is 0 Å². The van der Waals surface area contributed by atoms with E-state index in [-0.39, 0.29) is 11.3 Å². The van der Waals surface area contributed by atoms with Gasteiger partial charge in [0, 0.05) is 0 Å². The predicted molar refractivity (Wildman–Crippen MR) is 160 cm³/mol. The molecule has 0 aliphatic carbocycles. The maximum atomic E-state index is 15.1. The van der Waals surface area contributed by atoms with Crippen LogP contribution in [-0.2, 0) is 19.2 Å². The fourth-order valence-corrected chi connectivity index (χ4v) is 9.72. The van der Waals surface area contributed by atoms with Crippen LogP contribution in [0.5, 0.6) is 0 Å². The molecule has 0 aliphatic heterocycles. The van der Waals surface area contributed by atoms with Crippen molar-refractivity contribution in [3.63, 3.8) is 0 Å². The summed E-state index contributed by atoms with van der Waals surface area (Å²) in [4.78, 5) is 0. The van der Waals surface area contributed by atoms with Crippen molar-refractivity contribution in [2.75, 3.05) is 0 Å². The first kappa shape index (κ1) is 28.5. The molecule has 4 aromatic rings. The Balaban J connectivity index is 2.04. The molecule has 0 fully saturated rings. The first-order chi connectivity index (χ1) is 17.4. The van der Waals surface area contributed by atoms with Crippen molar-refractivity contribution in [1.29, 1.82) is 0 Å². The number of benzene rings is 3. The van der Waals surface area contributed by atoms with E-state index in [1.165, 1.54) is 25.3 Å². The fourth-order valence-electron chi connectivity index (χ4n) is 4.23. The van der Waals surface area contributed by atoms with Gasteiger partial charge < -0.3 is 0 Å². The number of rotatable bonds is 9. The van der Waals surface area contributed by atoms with Crippen LogP contribution < -0.4 is 3.95 Å². The second-order valence-electron chi connectivity index (χ2n) is 8.73. The van der Waals surface area contributed by atoms with Gasteiger partial charge in [-0.3, -0.25) is 0 Å². The van der Waals surface area contributed by atoms with Gasteiger partial charge in [0.2, 0.25) is 0 Å². The second-order valence-corrected chi connectivity index (χ2v) is 16.5. The quantitative estimate of drug-likeness (QED) is 0.0795. The number of hydrogen-bond donors (Lipinski definition) is 2. The van der Waals surface area contributed by atoms with Crippen molar-refractivity contribution >= 4 is 51.9 Å². The van der Waals surface area contributed by atoms with Gasteiger partial charge in [-0.15, -0.1) is 0 Å². The van der Waals surface area contributed by atoms with Crippen molar-refractivity contribution in [3.8, 4) is 0 Å². The van der Waals surface area contributed by atoms with E-state index in [1.807, 2.05) is 36.4 Å². The van der Waals surface area contributed by atoms with Crippen LogP contribution in [0.1, 0.15) is 44.6 Å². The summed E-state index contributed by atoms with van der Waals surface area (Å²) in [6.45, 7) is 1.45. The minimum absolute atomic E-state index is 0.203. The molecule has 4 unspecified atom stereocenters. The standard InChI is InChI=1S/C27H26F3I2N2O2P/c1-25(28,31)19-9-5-10-20(15-19)26(17-18-7-3-2-4-8-18,32(33)24(35)23-13-14-34-36-23)21-11-6-12-22(16-21)27(29,30)37/h2-16,24,35H,17,33,37H2,1H3. The normalized spacial score (nSPS) is 16.5. The summed E-state index contributed by atoms with van der Waals surface area (Å²) in [7, 11) is 1.57. The third-order valence-electron chi connectivity index (χ3n) is 6.11. The molecular weight excluding hydrogens is 726 g/mol. The Labute approximate surface area is 237 Å². The number of alkyl halides is 6. The van der Waals surface area contributed by atoms with Gasteiger partial charge in [-0.2, -0.15) is 0 Å². The van der Waals surface area contributed by atoms with Gasteiger partial charge in [0.05, 0.1) is 0 Å². The molecular formula is C27H26F3I2N2O2P. The SMILES string of the molecule is CC(F)(I)c1cccc(C(Cc2ccccc2)(c2cccc(C(F)(F)P)c2)I(N)C(O)c2ccno2)c1. The molecule has 4 atom stereocenters. The van der Waals surface area contributed by atoms with Gasteiger partial charge in [-0.05, 0) is 0 Å². The Bertz CT molecular complexity index is 1270. The molecule has 0 amide bonds. The molecule has 0 spiro atoms. The Morgan fingerprint density at radius 1 is 0.946 bits per heavy atom. The zero-order valence-electron chi connectivity index (χ0n) is 19.8. The van der Waals surface area contributed by atoms with Crippen LogP contribution in [-0.4, -0.2) is 10.3 Å². The average Bonchev–Trinajstić information content (AvgIpc) is 3.41. The fraction of sp³-hybridized carbons (Fsp3) is 0.222. The molecule has 37 heavy (non-hydrogen) atoms. The van der Waals surface area contributed by atoms with Crippen LogP contribution >= 0.6 is 51.9 Å². The molecule has 0 radical (unpaired) electrons. The van der Waals surface area contributed by atoms with Crippen molar-refractivity contribution < 1.29 is 22.8 Å². The van der Waals surface area contributed by atoms with Crippen LogP contribution in [0.2, 0.25) is 0 Å². The van der Waals surface area contributed by atoms with Crippen LogP contribution in [0.15, 0.2) is 95.6 Å². The third-order valence-corrected chi connectivity index (χ3v) is 12.7. The summed E-state index contributed by atoms with van der Waals surface area (Å²) in [5, 5.41) is 15.2. The molecule has 0 bridgehead atoms. The van der Waals surface area contributed by atoms with Gasteiger partial charge in [-0.1, -0.05) is 0 Å². The summed E-state index contributed by atoms with van der Waals surface area (Å²) in [5.74, 6) is 0.207. The van der Waals surface area contributed by atoms with Crippen LogP contribution in [0.4, 0.5) is 13.2 Å². The molecule has 10 heteroatoms. The summed E-state index contributed by atoms with van der Waals surface area (Å²) >= 11 is -1.49. The van der Waals surface area contributed by atoms with Crippen molar-refractivity contribution in [3.05, 3.63) is 125 Å². The zero-order chi connectivity index (χ0) is 26.8. The van der Waals surface area contributed by atoms with E-state index >= 15 is 4.39 Å². The molecule has 1 aromatic heterocycles. The molecule has 4 rings (SSSR count). The molecule has 3 aromatic carbocycles. The summed E-state index contributed by atoms with van der Waals surface area (Å²) in [6.07, 6.45) is 1.72. The molecule has 0 aliphatic rings. The maximum absolute atomic E-state index is 15.1. The Morgan fingerprint density at radius 3 is 2.05 bits per heavy atom. The molecule has 1 heterocycles. The van der Waals surface area contributed by atoms with Gasteiger partial charge in [0.25, 0.3) is 0 Å². The van der Waals surface area contributed by atoms with Gasteiger partial charge >= 0.3 is 239 Å². The van der Waals surface area contributed by atoms with Gasteiger partial charge in [0.1, 0.15) is 0 Å². The van der Waals surface area contributed by atoms with Crippen molar-refractivity contribution in [2.45, 2.75) is 30.2 Å². The van der Waals surface area contributed by atoms with Crippen molar-refractivity contribution in [1.82, 2.24) is 5.16 Å². The predicted octanol–water partition coefficient (Wildman–Crippen LogP) is 7.73. The van der Waals surface area contributed by atoms with Crippen LogP contribution in [0.25, 0.3) is 0 Å². The number of nitrogens with zero attached hydrogens (tertiary/aromatic N) is 1. The van der Waals surface area contributed by atoms with Crippen molar-refractivity contribution in [2.24, 2.45) is 3.95 Å². The number of aliphatic hydroxyl groups is 1. The molecule has 196 valence electrons. The van der Waals surface area contributed by atoms with E-state index in [2.05, 4.69) is 5.16 Å². The Kier molecular flexibility index (Phi) is 8.69.